The minimum absolute atomic E-state index is 0.0517. The van der Waals surface area contributed by atoms with Gasteiger partial charge in [-0.1, -0.05) is 23.2 Å². The number of rotatable bonds is 4. The van der Waals surface area contributed by atoms with Gasteiger partial charge >= 0.3 is 0 Å². The Kier molecular flexibility index (Phi) is 5.15. The molecule has 0 unspecified atom stereocenters. The molecule has 1 aliphatic rings. The number of carbonyl (C=O) groups is 2. The van der Waals surface area contributed by atoms with E-state index in [1.807, 2.05) is 13.8 Å². The van der Waals surface area contributed by atoms with E-state index in [1.54, 1.807) is 52.3 Å². The van der Waals surface area contributed by atoms with Crippen LogP contribution >= 0.6 is 23.2 Å². The van der Waals surface area contributed by atoms with Gasteiger partial charge in [0, 0.05) is 41.7 Å². The molecular formula is C21H18Cl2N4O2. The SMILES string of the molecule is Cc1cc(C(=O)Cc2cnn3c2C(=O)N(c2ccc(Cl)c(Cl)c2)C[C@@H]3C)ccn1. The summed E-state index contributed by atoms with van der Waals surface area (Å²) in [7, 11) is 0. The van der Waals surface area contributed by atoms with Crippen LogP contribution < -0.4 is 4.90 Å². The van der Waals surface area contributed by atoms with Gasteiger partial charge in [-0.25, -0.2) is 0 Å². The molecule has 0 bridgehead atoms. The van der Waals surface area contributed by atoms with Crippen molar-refractivity contribution in [3.8, 4) is 0 Å². The first-order chi connectivity index (χ1) is 13.8. The van der Waals surface area contributed by atoms with Crippen molar-refractivity contribution in [1.29, 1.82) is 0 Å². The highest BCUT2D eigenvalue weighted by molar-refractivity contribution is 6.42. The van der Waals surface area contributed by atoms with Crippen LogP contribution in [0.2, 0.25) is 10.0 Å². The summed E-state index contributed by atoms with van der Waals surface area (Å²) in [6, 6.07) is 8.46. The van der Waals surface area contributed by atoms with Crippen LogP contribution in [-0.2, 0) is 6.42 Å². The topological polar surface area (TPSA) is 68.1 Å². The van der Waals surface area contributed by atoms with Crippen LogP contribution in [0.4, 0.5) is 5.69 Å². The van der Waals surface area contributed by atoms with Crippen molar-refractivity contribution >= 4 is 40.6 Å². The lowest BCUT2D eigenvalue weighted by Crippen LogP contribution is -2.43. The molecule has 6 nitrogen and oxygen atoms in total. The molecule has 3 aromatic rings. The van der Waals surface area contributed by atoms with Crippen LogP contribution in [0.3, 0.4) is 0 Å². The summed E-state index contributed by atoms with van der Waals surface area (Å²) in [6.45, 7) is 4.26. The summed E-state index contributed by atoms with van der Waals surface area (Å²) in [5, 5.41) is 5.18. The molecule has 2 aromatic heterocycles. The molecule has 1 aliphatic heterocycles. The average molecular weight is 429 g/mol. The number of Topliss-reactive ketones (excluding diaryl/α,β-unsaturated/α-hetero) is 1. The fourth-order valence-electron chi connectivity index (χ4n) is 3.52. The van der Waals surface area contributed by atoms with Crippen LogP contribution in [-0.4, -0.2) is 33.0 Å². The zero-order valence-corrected chi connectivity index (χ0v) is 17.4. The highest BCUT2D eigenvalue weighted by Crippen LogP contribution is 2.32. The summed E-state index contributed by atoms with van der Waals surface area (Å²) in [4.78, 5) is 31.8. The number of halogens is 2. The van der Waals surface area contributed by atoms with E-state index in [2.05, 4.69) is 10.1 Å². The molecule has 0 spiro atoms. The summed E-state index contributed by atoms with van der Waals surface area (Å²) >= 11 is 12.1. The van der Waals surface area contributed by atoms with Gasteiger partial charge in [0.2, 0.25) is 0 Å². The maximum atomic E-state index is 13.3. The molecule has 0 N–H and O–H groups in total. The van der Waals surface area contributed by atoms with Crippen LogP contribution in [0.15, 0.2) is 42.7 Å². The summed E-state index contributed by atoms with van der Waals surface area (Å²) in [5.41, 5.74) is 3.02. The second-order valence-electron chi connectivity index (χ2n) is 7.11. The van der Waals surface area contributed by atoms with Crippen LogP contribution in [0.5, 0.6) is 0 Å². The monoisotopic (exact) mass is 428 g/mol. The number of fused-ring (bicyclic) bond motifs is 1. The molecule has 29 heavy (non-hydrogen) atoms. The number of carbonyl (C=O) groups excluding carboxylic acids is 2. The first-order valence-electron chi connectivity index (χ1n) is 9.14. The lowest BCUT2D eigenvalue weighted by atomic mass is 10.0. The number of ketones is 1. The number of aromatic nitrogens is 3. The fourth-order valence-corrected chi connectivity index (χ4v) is 3.81. The third-order valence-electron chi connectivity index (χ3n) is 4.97. The predicted octanol–water partition coefficient (Wildman–Crippen LogP) is 4.54. The van der Waals surface area contributed by atoms with Crippen molar-refractivity contribution in [2.75, 3.05) is 11.4 Å². The highest BCUT2D eigenvalue weighted by Gasteiger charge is 2.34. The van der Waals surface area contributed by atoms with E-state index in [0.717, 1.165) is 5.69 Å². The molecule has 0 aliphatic carbocycles. The first kappa shape index (κ1) is 19.6. The van der Waals surface area contributed by atoms with E-state index in [9.17, 15) is 9.59 Å². The van der Waals surface area contributed by atoms with Crippen molar-refractivity contribution in [2.24, 2.45) is 0 Å². The Bertz CT molecular complexity index is 1130. The Balaban J connectivity index is 1.67. The number of nitrogens with zero attached hydrogens (tertiary/aromatic N) is 4. The van der Waals surface area contributed by atoms with Gasteiger partial charge in [0.1, 0.15) is 5.69 Å². The van der Waals surface area contributed by atoms with Gasteiger partial charge in [-0.3, -0.25) is 19.3 Å². The first-order valence-corrected chi connectivity index (χ1v) is 9.90. The Morgan fingerprint density at radius 3 is 2.72 bits per heavy atom. The molecule has 0 radical (unpaired) electrons. The fraction of sp³-hybridized carbons (Fsp3) is 0.238. The van der Waals surface area contributed by atoms with E-state index in [-0.39, 0.29) is 24.2 Å². The second-order valence-corrected chi connectivity index (χ2v) is 7.93. The minimum Gasteiger partial charge on any atom is -0.305 e. The molecular weight excluding hydrogens is 411 g/mol. The van der Waals surface area contributed by atoms with E-state index in [4.69, 9.17) is 23.2 Å². The average Bonchev–Trinajstić information content (AvgIpc) is 3.11. The Hall–Kier alpha value is -2.70. The molecule has 1 atom stereocenters. The minimum atomic E-state index is -0.215. The van der Waals surface area contributed by atoms with Crippen molar-refractivity contribution in [3.63, 3.8) is 0 Å². The van der Waals surface area contributed by atoms with Gasteiger partial charge in [-0.05, 0) is 44.2 Å². The van der Waals surface area contributed by atoms with Gasteiger partial charge in [0.25, 0.3) is 5.91 Å². The van der Waals surface area contributed by atoms with E-state index < -0.39 is 0 Å². The van der Waals surface area contributed by atoms with Gasteiger partial charge in [0.15, 0.2) is 5.78 Å². The van der Waals surface area contributed by atoms with Gasteiger partial charge in [-0.2, -0.15) is 5.10 Å². The maximum absolute atomic E-state index is 13.3. The summed E-state index contributed by atoms with van der Waals surface area (Å²) in [6.07, 6.45) is 3.30. The van der Waals surface area contributed by atoms with Crippen molar-refractivity contribution in [1.82, 2.24) is 14.8 Å². The molecule has 0 saturated heterocycles. The van der Waals surface area contributed by atoms with Crippen LogP contribution in [0, 0.1) is 6.92 Å². The number of anilines is 1. The largest absolute Gasteiger partial charge is 0.305 e. The Labute approximate surface area is 178 Å². The lowest BCUT2D eigenvalue weighted by Gasteiger charge is -2.32. The lowest BCUT2D eigenvalue weighted by molar-refractivity contribution is 0.0951. The molecule has 4 rings (SSSR count). The zero-order valence-electron chi connectivity index (χ0n) is 15.9. The molecule has 148 valence electrons. The van der Waals surface area contributed by atoms with Gasteiger partial charge in [-0.15, -0.1) is 0 Å². The highest BCUT2D eigenvalue weighted by atomic mass is 35.5. The van der Waals surface area contributed by atoms with E-state index in [0.29, 0.717) is 39.1 Å². The smallest absolute Gasteiger partial charge is 0.276 e. The Morgan fingerprint density at radius 2 is 2.00 bits per heavy atom. The van der Waals surface area contributed by atoms with Crippen LogP contribution in [0.1, 0.15) is 45.1 Å². The van der Waals surface area contributed by atoms with Crippen molar-refractivity contribution < 1.29 is 9.59 Å². The number of amides is 1. The molecule has 0 saturated carbocycles. The Morgan fingerprint density at radius 1 is 1.21 bits per heavy atom. The quantitative estimate of drug-likeness (QED) is 0.571. The zero-order chi connectivity index (χ0) is 20.7. The molecule has 1 aromatic carbocycles. The number of aryl methyl sites for hydroxylation is 1. The third kappa shape index (κ3) is 3.66. The predicted molar refractivity (Wildman–Crippen MR) is 112 cm³/mol. The molecule has 0 fully saturated rings. The molecule has 1 amide bonds. The standard InChI is InChI=1S/C21H18Cl2N4O2/c1-12-7-14(5-6-24-12)19(28)8-15-10-25-27-13(2)11-26(21(29)20(15)27)16-3-4-17(22)18(23)9-16/h3-7,9-10,13H,8,11H2,1-2H3/t13-/m0/s1. The summed E-state index contributed by atoms with van der Waals surface area (Å²) < 4.78 is 1.69. The van der Waals surface area contributed by atoms with Crippen molar-refractivity contribution in [3.05, 3.63) is 75.3 Å². The molecule has 3 heterocycles. The van der Waals surface area contributed by atoms with Gasteiger partial charge < -0.3 is 4.90 Å². The normalized spacial score (nSPS) is 16.1. The second kappa shape index (κ2) is 7.61. The van der Waals surface area contributed by atoms with Gasteiger partial charge in [0.05, 0.1) is 22.3 Å². The van der Waals surface area contributed by atoms with Crippen LogP contribution in [0.25, 0.3) is 0 Å². The molecule has 8 heteroatoms. The maximum Gasteiger partial charge on any atom is 0.276 e. The summed E-state index contributed by atoms with van der Waals surface area (Å²) in [5.74, 6) is -0.300. The number of benzene rings is 1. The number of hydrogen-bond acceptors (Lipinski definition) is 4. The number of hydrogen-bond donors (Lipinski definition) is 0. The van der Waals surface area contributed by atoms with E-state index in [1.165, 1.54) is 0 Å². The van der Waals surface area contributed by atoms with Crippen molar-refractivity contribution in [2.45, 2.75) is 26.3 Å². The number of pyridine rings is 1. The third-order valence-corrected chi connectivity index (χ3v) is 5.71. The van der Waals surface area contributed by atoms with E-state index >= 15 is 0 Å².